The van der Waals surface area contributed by atoms with Crippen molar-refractivity contribution in [2.45, 2.75) is 51.5 Å². The lowest BCUT2D eigenvalue weighted by Gasteiger charge is -2.24. The Balaban J connectivity index is 2.35. The van der Waals surface area contributed by atoms with E-state index in [1.165, 1.54) is 25.7 Å². The van der Waals surface area contributed by atoms with E-state index < -0.39 is 0 Å². The molecule has 2 amide bonds. The van der Waals surface area contributed by atoms with Gasteiger partial charge in [-0.3, -0.25) is 0 Å². The number of rotatable bonds is 4. The van der Waals surface area contributed by atoms with Crippen molar-refractivity contribution in [2.75, 3.05) is 19.7 Å². The average Bonchev–Trinajstić information content (AvgIpc) is 2.54. The Morgan fingerprint density at radius 3 is 2.44 bits per heavy atom. The van der Waals surface area contributed by atoms with Crippen molar-refractivity contribution in [3.8, 4) is 0 Å². The van der Waals surface area contributed by atoms with Crippen LogP contribution >= 0.6 is 0 Å². The molecule has 0 spiro atoms. The van der Waals surface area contributed by atoms with Crippen LogP contribution in [0.5, 0.6) is 0 Å². The van der Waals surface area contributed by atoms with Gasteiger partial charge in [-0.1, -0.05) is 25.7 Å². The van der Waals surface area contributed by atoms with Crippen molar-refractivity contribution in [3.63, 3.8) is 0 Å². The monoisotopic (exact) mass is 228 g/mol. The van der Waals surface area contributed by atoms with Crippen LogP contribution in [0.1, 0.15) is 45.4 Å². The molecule has 0 radical (unpaired) electrons. The molecule has 1 rings (SSSR count). The molecule has 94 valence electrons. The van der Waals surface area contributed by atoms with Gasteiger partial charge in [0.25, 0.3) is 0 Å². The van der Waals surface area contributed by atoms with E-state index in [4.69, 9.17) is 5.11 Å². The minimum absolute atomic E-state index is 0.0246. The van der Waals surface area contributed by atoms with Crippen LogP contribution in [0, 0.1) is 0 Å². The average molecular weight is 228 g/mol. The molecule has 4 heteroatoms. The van der Waals surface area contributed by atoms with E-state index in [9.17, 15) is 4.79 Å². The molecule has 1 saturated carbocycles. The van der Waals surface area contributed by atoms with Crippen LogP contribution in [-0.2, 0) is 0 Å². The van der Waals surface area contributed by atoms with E-state index in [-0.39, 0.29) is 12.6 Å². The SMILES string of the molecule is CCN(CCO)C(=O)NC1CCCCCC1. The van der Waals surface area contributed by atoms with Crippen LogP contribution in [0.2, 0.25) is 0 Å². The summed E-state index contributed by atoms with van der Waals surface area (Å²) in [4.78, 5) is 13.5. The number of aliphatic hydroxyl groups excluding tert-OH is 1. The van der Waals surface area contributed by atoms with Gasteiger partial charge >= 0.3 is 6.03 Å². The van der Waals surface area contributed by atoms with Crippen molar-refractivity contribution in [1.82, 2.24) is 10.2 Å². The molecule has 0 aliphatic heterocycles. The van der Waals surface area contributed by atoms with Crippen molar-refractivity contribution in [1.29, 1.82) is 0 Å². The number of urea groups is 1. The lowest BCUT2D eigenvalue weighted by atomic mass is 10.1. The molecule has 16 heavy (non-hydrogen) atoms. The molecule has 0 unspecified atom stereocenters. The van der Waals surface area contributed by atoms with Crippen molar-refractivity contribution >= 4 is 6.03 Å². The number of carbonyl (C=O) groups excluding carboxylic acids is 1. The zero-order valence-corrected chi connectivity index (χ0v) is 10.2. The van der Waals surface area contributed by atoms with Gasteiger partial charge in [-0.25, -0.2) is 4.79 Å². The largest absolute Gasteiger partial charge is 0.395 e. The first-order chi connectivity index (χ1) is 7.77. The Hall–Kier alpha value is -0.770. The molecule has 1 aliphatic carbocycles. The molecule has 2 N–H and O–H groups in total. The van der Waals surface area contributed by atoms with Crippen LogP contribution in [0.25, 0.3) is 0 Å². The molecule has 0 bridgehead atoms. The number of hydrogen-bond donors (Lipinski definition) is 2. The molecule has 0 saturated heterocycles. The smallest absolute Gasteiger partial charge is 0.317 e. The first kappa shape index (κ1) is 13.3. The first-order valence-corrected chi connectivity index (χ1v) is 6.44. The molecule has 4 nitrogen and oxygen atoms in total. The van der Waals surface area contributed by atoms with Crippen LogP contribution in [0.3, 0.4) is 0 Å². The highest BCUT2D eigenvalue weighted by Gasteiger charge is 2.17. The molecule has 0 aromatic rings. The molecule has 0 aromatic carbocycles. The van der Waals surface area contributed by atoms with Gasteiger partial charge in [-0.15, -0.1) is 0 Å². The predicted molar refractivity (Wildman–Crippen MR) is 64.4 cm³/mol. The molecule has 0 aromatic heterocycles. The Bertz CT molecular complexity index is 201. The van der Waals surface area contributed by atoms with Gasteiger partial charge in [0.1, 0.15) is 0 Å². The lowest BCUT2D eigenvalue weighted by molar-refractivity contribution is 0.176. The second kappa shape index (κ2) is 7.49. The third-order valence-corrected chi connectivity index (χ3v) is 3.22. The summed E-state index contributed by atoms with van der Waals surface area (Å²) in [5.41, 5.74) is 0. The van der Waals surface area contributed by atoms with Gasteiger partial charge in [0.05, 0.1) is 6.61 Å². The maximum absolute atomic E-state index is 11.8. The topological polar surface area (TPSA) is 52.6 Å². The summed E-state index contributed by atoms with van der Waals surface area (Å²) in [6.07, 6.45) is 7.22. The molecule has 1 fully saturated rings. The summed E-state index contributed by atoms with van der Waals surface area (Å²) in [7, 11) is 0. The van der Waals surface area contributed by atoms with Crippen LogP contribution < -0.4 is 5.32 Å². The van der Waals surface area contributed by atoms with Gasteiger partial charge in [-0.05, 0) is 19.8 Å². The second-order valence-electron chi connectivity index (χ2n) is 4.44. The van der Waals surface area contributed by atoms with Gasteiger partial charge < -0.3 is 15.3 Å². The van der Waals surface area contributed by atoms with Gasteiger partial charge in [-0.2, -0.15) is 0 Å². The summed E-state index contributed by atoms with van der Waals surface area (Å²) in [5, 5.41) is 11.9. The number of carbonyl (C=O) groups is 1. The van der Waals surface area contributed by atoms with E-state index in [1.807, 2.05) is 6.92 Å². The third kappa shape index (κ3) is 4.39. The number of likely N-dealkylation sites (N-methyl/N-ethyl adjacent to an activating group) is 1. The molecule has 0 heterocycles. The minimum Gasteiger partial charge on any atom is -0.395 e. The number of aliphatic hydroxyl groups is 1. The van der Waals surface area contributed by atoms with Crippen LogP contribution in [0.4, 0.5) is 4.79 Å². The number of amides is 2. The fourth-order valence-electron chi connectivity index (χ4n) is 2.21. The summed E-state index contributed by atoms with van der Waals surface area (Å²) in [6.45, 7) is 3.04. The van der Waals surface area contributed by atoms with Crippen molar-refractivity contribution in [3.05, 3.63) is 0 Å². The third-order valence-electron chi connectivity index (χ3n) is 3.22. The highest BCUT2D eigenvalue weighted by molar-refractivity contribution is 5.74. The van der Waals surface area contributed by atoms with Crippen molar-refractivity contribution < 1.29 is 9.90 Å². The summed E-state index contributed by atoms with van der Waals surface area (Å²) in [5.74, 6) is 0. The second-order valence-corrected chi connectivity index (χ2v) is 4.44. The zero-order chi connectivity index (χ0) is 11.8. The van der Waals surface area contributed by atoms with Crippen LogP contribution in [-0.4, -0.2) is 41.8 Å². The quantitative estimate of drug-likeness (QED) is 0.720. The van der Waals surface area contributed by atoms with E-state index in [0.29, 0.717) is 19.1 Å². The molecular formula is C12H24N2O2. The Morgan fingerprint density at radius 2 is 1.94 bits per heavy atom. The fourth-order valence-corrected chi connectivity index (χ4v) is 2.21. The van der Waals surface area contributed by atoms with E-state index in [1.54, 1.807) is 4.90 Å². The predicted octanol–water partition coefficient (Wildman–Crippen LogP) is 1.73. The van der Waals surface area contributed by atoms with E-state index in [0.717, 1.165) is 12.8 Å². The Morgan fingerprint density at radius 1 is 1.31 bits per heavy atom. The normalized spacial score (nSPS) is 17.9. The summed E-state index contributed by atoms with van der Waals surface area (Å²) < 4.78 is 0. The maximum Gasteiger partial charge on any atom is 0.317 e. The highest BCUT2D eigenvalue weighted by Crippen LogP contribution is 2.17. The van der Waals surface area contributed by atoms with Crippen molar-refractivity contribution in [2.24, 2.45) is 0 Å². The van der Waals surface area contributed by atoms with Crippen LogP contribution in [0.15, 0.2) is 0 Å². The minimum atomic E-state index is -0.0246. The fraction of sp³-hybridized carbons (Fsp3) is 0.917. The van der Waals surface area contributed by atoms with E-state index >= 15 is 0 Å². The van der Waals surface area contributed by atoms with Gasteiger partial charge in [0.2, 0.25) is 0 Å². The van der Waals surface area contributed by atoms with Gasteiger partial charge in [0.15, 0.2) is 0 Å². The number of hydrogen-bond acceptors (Lipinski definition) is 2. The number of nitrogens with one attached hydrogen (secondary N) is 1. The molecule has 0 atom stereocenters. The summed E-state index contributed by atoms with van der Waals surface area (Å²) in [6, 6.07) is 0.311. The van der Waals surface area contributed by atoms with Gasteiger partial charge in [0, 0.05) is 19.1 Å². The first-order valence-electron chi connectivity index (χ1n) is 6.44. The standard InChI is InChI=1S/C12H24N2O2/c1-2-14(9-10-15)12(16)13-11-7-5-3-4-6-8-11/h11,15H,2-10H2,1H3,(H,13,16). The maximum atomic E-state index is 11.8. The molecule has 1 aliphatic rings. The zero-order valence-electron chi connectivity index (χ0n) is 10.2. The summed E-state index contributed by atoms with van der Waals surface area (Å²) >= 11 is 0. The lowest BCUT2D eigenvalue weighted by Crippen LogP contribution is -2.45. The number of nitrogens with zero attached hydrogens (tertiary/aromatic N) is 1. The Kier molecular flexibility index (Phi) is 6.23. The highest BCUT2D eigenvalue weighted by atomic mass is 16.3. The van der Waals surface area contributed by atoms with E-state index in [2.05, 4.69) is 5.32 Å². The molecular weight excluding hydrogens is 204 g/mol. The Labute approximate surface area is 98.0 Å².